The molecule has 0 atom stereocenters. The summed E-state index contributed by atoms with van der Waals surface area (Å²) in [5.41, 5.74) is 0.141. The molecule has 1 aliphatic carbocycles. The lowest BCUT2D eigenvalue weighted by molar-refractivity contribution is -0.137. The Bertz CT molecular complexity index is 1050. The number of hydrogen-bond acceptors (Lipinski definition) is 4. The van der Waals surface area contributed by atoms with E-state index in [1.807, 2.05) is 6.07 Å². The van der Waals surface area contributed by atoms with Crippen molar-refractivity contribution >= 4 is 16.1 Å². The number of aryl methyl sites for hydroxylation is 1. The Morgan fingerprint density at radius 2 is 1.88 bits per heavy atom. The molecule has 0 spiro atoms. The van der Waals surface area contributed by atoms with Crippen LogP contribution in [-0.2, 0) is 22.7 Å². The minimum atomic E-state index is -4.62. The number of aromatic nitrogens is 1. The Hall–Kier alpha value is -2.66. The molecule has 0 bridgehead atoms. The number of rotatable bonds is 7. The average Bonchev–Trinajstić information content (AvgIpc) is 2.77. The second kappa shape index (κ2) is 10.5. The van der Waals surface area contributed by atoms with Crippen LogP contribution >= 0.6 is 0 Å². The van der Waals surface area contributed by atoms with Crippen LogP contribution in [0.2, 0.25) is 0 Å². The zero-order valence-electron chi connectivity index (χ0n) is 18.2. The number of halogens is 3. The van der Waals surface area contributed by atoms with E-state index in [1.165, 1.54) is 6.92 Å². The number of sulfonamides is 1. The normalized spacial score (nSPS) is 19.2. The molecule has 1 saturated carbocycles. The molecular weight excluding hydrogens is 457 g/mol. The van der Waals surface area contributed by atoms with Crippen LogP contribution in [0.25, 0.3) is 0 Å². The van der Waals surface area contributed by atoms with Gasteiger partial charge < -0.3 is 10.6 Å². The number of amides is 2. The van der Waals surface area contributed by atoms with Crippen molar-refractivity contribution in [3.8, 4) is 0 Å². The Morgan fingerprint density at radius 3 is 2.52 bits per heavy atom. The van der Waals surface area contributed by atoms with Gasteiger partial charge in [-0.3, -0.25) is 4.98 Å². The Labute approximate surface area is 191 Å². The smallest absolute Gasteiger partial charge is 0.335 e. The molecular formula is C22H27F3N4O3S. The monoisotopic (exact) mass is 484 g/mol. The van der Waals surface area contributed by atoms with Crippen molar-refractivity contribution in [2.24, 2.45) is 5.92 Å². The first kappa shape index (κ1) is 25.0. The fourth-order valence-electron chi connectivity index (χ4n) is 3.80. The third kappa shape index (κ3) is 7.16. The Morgan fingerprint density at radius 1 is 1.15 bits per heavy atom. The standard InChI is InChI=1S/C22H27F3N4O3S/c1-15-4-7-18(22(23,24)25)11-20(15)33(31,32)28-14-16-5-8-19(9-6-16)29-21(30)27-13-17-3-2-10-26-12-17/h2-4,7,10-12,16,19,28H,5-6,8-9,13-14H2,1H3,(H2,27,29,30). The second-order valence-electron chi connectivity index (χ2n) is 8.24. The van der Waals surface area contributed by atoms with Crippen LogP contribution in [0, 0.1) is 12.8 Å². The summed E-state index contributed by atoms with van der Waals surface area (Å²) in [4.78, 5) is 15.7. The summed E-state index contributed by atoms with van der Waals surface area (Å²) in [6.07, 6.45) is 1.48. The average molecular weight is 485 g/mol. The lowest BCUT2D eigenvalue weighted by atomic mass is 9.86. The highest BCUT2D eigenvalue weighted by molar-refractivity contribution is 7.89. The summed E-state index contributed by atoms with van der Waals surface area (Å²) < 4.78 is 66.6. The van der Waals surface area contributed by atoms with Crippen molar-refractivity contribution in [2.75, 3.05) is 6.54 Å². The molecule has 3 N–H and O–H groups in total. The molecule has 7 nitrogen and oxygen atoms in total. The summed E-state index contributed by atoms with van der Waals surface area (Å²) in [6, 6.07) is 6.06. The van der Waals surface area contributed by atoms with Crippen molar-refractivity contribution < 1.29 is 26.4 Å². The molecule has 0 aliphatic heterocycles. The number of benzene rings is 1. The highest BCUT2D eigenvalue weighted by Crippen LogP contribution is 2.32. The van der Waals surface area contributed by atoms with E-state index in [4.69, 9.17) is 0 Å². The number of carbonyl (C=O) groups is 1. The first-order valence-electron chi connectivity index (χ1n) is 10.7. The van der Waals surface area contributed by atoms with Gasteiger partial charge in [0, 0.05) is 31.5 Å². The van der Waals surface area contributed by atoms with E-state index in [0.29, 0.717) is 38.3 Å². The van der Waals surface area contributed by atoms with Crippen molar-refractivity contribution in [3.05, 3.63) is 59.4 Å². The van der Waals surface area contributed by atoms with Gasteiger partial charge in [0.1, 0.15) is 0 Å². The van der Waals surface area contributed by atoms with Crippen LogP contribution in [0.1, 0.15) is 42.4 Å². The number of alkyl halides is 3. The molecule has 0 saturated heterocycles. The molecule has 0 radical (unpaired) electrons. The summed E-state index contributed by atoms with van der Waals surface area (Å²) >= 11 is 0. The minimum absolute atomic E-state index is 0.0162. The predicted octanol–water partition coefficient (Wildman–Crippen LogP) is 3.75. The zero-order chi connectivity index (χ0) is 24.1. The maximum atomic E-state index is 13.0. The molecule has 1 aromatic heterocycles. The quantitative estimate of drug-likeness (QED) is 0.557. The molecule has 11 heteroatoms. The SMILES string of the molecule is Cc1ccc(C(F)(F)F)cc1S(=O)(=O)NCC1CCC(NC(=O)NCc2cccnc2)CC1. The highest BCUT2D eigenvalue weighted by Gasteiger charge is 2.32. The van der Waals surface area contributed by atoms with Gasteiger partial charge in [0.25, 0.3) is 0 Å². The van der Waals surface area contributed by atoms with Gasteiger partial charge >= 0.3 is 12.2 Å². The van der Waals surface area contributed by atoms with E-state index in [-0.39, 0.29) is 35.0 Å². The fraction of sp³-hybridized carbons (Fsp3) is 0.455. The third-order valence-electron chi connectivity index (χ3n) is 5.72. The van der Waals surface area contributed by atoms with E-state index >= 15 is 0 Å². The number of nitrogens with one attached hydrogen (secondary N) is 3. The number of nitrogens with zero attached hydrogens (tertiary/aromatic N) is 1. The molecule has 1 aromatic carbocycles. The van der Waals surface area contributed by atoms with Gasteiger partial charge in [0.05, 0.1) is 10.5 Å². The molecule has 180 valence electrons. The fourth-order valence-corrected chi connectivity index (χ4v) is 5.19. The van der Waals surface area contributed by atoms with Gasteiger partial charge in [-0.25, -0.2) is 17.9 Å². The van der Waals surface area contributed by atoms with Crippen molar-refractivity contribution in [2.45, 2.75) is 56.3 Å². The van der Waals surface area contributed by atoms with Gasteiger partial charge in [0.2, 0.25) is 10.0 Å². The maximum absolute atomic E-state index is 13.0. The number of urea groups is 1. The van der Waals surface area contributed by atoms with E-state index in [2.05, 4.69) is 20.3 Å². The van der Waals surface area contributed by atoms with Crippen LogP contribution in [0.15, 0.2) is 47.6 Å². The lowest BCUT2D eigenvalue weighted by Crippen LogP contribution is -2.44. The number of pyridine rings is 1. The van der Waals surface area contributed by atoms with E-state index in [9.17, 15) is 26.4 Å². The zero-order valence-corrected chi connectivity index (χ0v) is 19.0. The summed E-state index contributed by atoms with van der Waals surface area (Å²) in [7, 11) is -4.07. The Kier molecular flexibility index (Phi) is 7.96. The Balaban J connectivity index is 1.46. The summed E-state index contributed by atoms with van der Waals surface area (Å²) in [5, 5.41) is 5.70. The van der Waals surface area contributed by atoms with Crippen molar-refractivity contribution in [3.63, 3.8) is 0 Å². The van der Waals surface area contributed by atoms with Crippen LogP contribution in [0.4, 0.5) is 18.0 Å². The van der Waals surface area contributed by atoms with Gasteiger partial charge in [-0.1, -0.05) is 12.1 Å². The maximum Gasteiger partial charge on any atom is 0.416 e. The van der Waals surface area contributed by atoms with Gasteiger partial charge in [0.15, 0.2) is 0 Å². The minimum Gasteiger partial charge on any atom is -0.335 e. The second-order valence-corrected chi connectivity index (χ2v) is 9.97. The molecule has 3 rings (SSSR count). The van der Waals surface area contributed by atoms with E-state index in [0.717, 1.165) is 17.7 Å². The first-order chi connectivity index (χ1) is 15.5. The van der Waals surface area contributed by atoms with Crippen LogP contribution in [0.3, 0.4) is 0 Å². The van der Waals surface area contributed by atoms with Crippen LogP contribution in [-0.4, -0.2) is 32.0 Å². The van der Waals surface area contributed by atoms with Crippen molar-refractivity contribution in [1.82, 2.24) is 20.3 Å². The highest BCUT2D eigenvalue weighted by atomic mass is 32.2. The largest absolute Gasteiger partial charge is 0.416 e. The molecule has 33 heavy (non-hydrogen) atoms. The van der Waals surface area contributed by atoms with E-state index < -0.39 is 21.8 Å². The molecule has 1 aliphatic rings. The molecule has 2 amide bonds. The van der Waals surface area contributed by atoms with Crippen molar-refractivity contribution in [1.29, 1.82) is 0 Å². The number of carbonyl (C=O) groups excluding carboxylic acids is 1. The lowest BCUT2D eigenvalue weighted by Gasteiger charge is -2.29. The topological polar surface area (TPSA) is 100 Å². The molecule has 1 heterocycles. The third-order valence-corrected chi connectivity index (χ3v) is 7.29. The summed E-state index contributed by atoms with van der Waals surface area (Å²) in [6.45, 7) is 1.97. The molecule has 1 fully saturated rings. The summed E-state index contributed by atoms with van der Waals surface area (Å²) in [5.74, 6) is 0.0439. The molecule has 2 aromatic rings. The van der Waals surface area contributed by atoms with Crippen LogP contribution < -0.4 is 15.4 Å². The van der Waals surface area contributed by atoms with E-state index in [1.54, 1.807) is 18.5 Å². The van der Waals surface area contributed by atoms with Gasteiger partial charge in [-0.15, -0.1) is 0 Å². The predicted molar refractivity (Wildman–Crippen MR) is 117 cm³/mol. The van der Waals surface area contributed by atoms with Crippen LogP contribution in [0.5, 0.6) is 0 Å². The molecule has 0 unspecified atom stereocenters. The number of hydrogen-bond donors (Lipinski definition) is 3. The van der Waals surface area contributed by atoms with Gasteiger partial charge in [-0.2, -0.15) is 13.2 Å². The first-order valence-corrected chi connectivity index (χ1v) is 12.1. The van der Waals surface area contributed by atoms with Gasteiger partial charge in [-0.05, 0) is 67.9 Å².